The van der Waals surface area contributed by atoms with Crippen molar-refractivity contribution in [3.63, 3.8) is 0 Å². The van der Waals surface area contributed by atoms with Crippen molar-refractivity contribution < 1.29 is 23.7 Å². The molecule has 2 rings (SSSR count). The van der Waals surface area contributed by atoms with Crippen LogP contribution < -0.4 is 24.8 Å². The van der Waals surface area contributed by atoms with Crippen molar-refractivity contribution in [2.45, 2.75) is 0 Å². The average molecular weight is 403 g/mol. The van der Waals surface area contributed by atoms with Crippen molar-refractivity contribution >= 4 is 41.0 Å². The van der Waals surface area contributed by atoms with Gasteiger partial charge in [0.1, 0.15) is 17.2 Å². The van der Waals surface area contributed by atoms with Gasteiger partial charge >= 0.3 is 6.09 Å². The fraction of sp³-hybridized carbons (Fsp3) is 0.211. The number of hydrogen-bond acceptors (Lipinski definition) is 7. The number of aliphatic imine (C=N–C) groups is 1. The third kappa shape index (κ3) is 5.34. The highest BCUT2D eigenvalue weighted by molar-refractivity contribution is 7.80. The molecule has 0 saturated carbocycles. The summed E-state index contributed by atoms with van der Waals surface area (Å²) in [5.74, 6) is 1.70. The summed E-state index contributed by atoms with van der Waals surface area (Å²) in [6.45, 7) is 0. The van der Waals surface area contributed by atoms with Crippen molar-refractivity contribution in [1.29, 1.82) is 0 Å². The maximum absolute atomic E-state index is 11.3. The lowest BCUT2D eigenvalue weighted by Gasteiger charge is -2.13. The largest absolute Gasteiger partial charge is 0.496 e. The number of alkyl carbamates (subject to hydrolysis) is 1. The highest BCUT2D eigenvalue weighted by atomic mass is 32.1. The lowest BCUT2D eigenvalue weighted by atomic mass is 10.1. The molecule has 148 valence electrons. The number of hydrogen-bond donors (Lipinski definition) is 2. The van der Waals surface area contributed by atoms with E-state index in [2.05, 4.69) is 20.4 Å². The molecule has 2 aromatic carbocycles. The van der Waals surface area contributed by atoms with E-state index in [1.165, 1.54) is 7.11 Å². The molecule has 0 radical (unpaired) electrons. The number of carbonyl (C=O) groups is 1. The van der Waals surface area contributed by atoms with Crippen LogP contribution in [0.25, 0.3) is 0 Å². The molecule has 0 bridgehead atoms. The van der Waals surface area contributed by atoms with Crippen LogP contribution in [-0.4, -0.2) is 45.9 Å². The topological polar surface area (TPSA) is 90.4 Å². The fourth-order valence-corrected chi connectivity index (χ4v) is 2.48. The first-order valence-electron chi connectivity index (χ1n) is 8.11. The minimum absolute atomic E-state index is 0.0918. The van der Waals surface area contributed by atoms with Gasteiger partial charge < -0.3 is 24.3 Å². The summed E-state index contributed by atoms with van der Waals surface area (Å²) in [5.41, 5.74) is 1.85. The van der Waals surface area contributed by atoms with Gasteiger partial charge in [-0.1, -0.05) is 12.1 Å². The molecule has 0 fully saturated rings. The summed E-state index contributed by atoms with van der Waals surface area (Å²) in [6, 6.07) is 10.7. The van der Waals surface area contributed by atoms with Crippen LogP contribution in [0.2, 0.25) is 0 Å². The molecule has 0 saturated heterocycles. The van der Waals surface area contributed by atoms with Crippen LogP contribution in [-0.2, 0) is 4.74 Å². The normalized spacial score (nSPS) is 10.3. The molecule has 8 nitrogen and oxygen atoms in total. The Morgan fingerprint density at radius 2 is 1.68 bits per heavy atom. The number of thiocarbonyl (C=S) groups is 1. The second-order valence-corrected chi connectivity index (χ2v) is 5.70. The Bertz CT molecular complexity index is 861. The molecule has 28 heavy (non-hydrogen) atoms. The zero-order chi connectivity index (χ0) is 20.5. The number of anilines is 1. The van der Waals surface area contributed by atoms with Gasteiger partial charge in [0.15, 0.2) is 5.11 Å². The Balaban J connectivity index is 2.33. The van der Waals surface area contributed by atoms with Crippen LogP contribution in [0.1, 0.15) is 5.56 Å². The Hall–Kier alpha value is -3.33. The van der Waals surface area contributed by atoms with Crippen molar-refractivity contribution in [1.82, 2.24) is 5.32 Å². The SMILES string of the molecule is COC(=O)NC(=S)Nc1ccccc1N=Cc1c(OC)cc(OC)cc1OC. The summed E-state index contributed by atoms with van der Waals surface area (Å²) in [5, 5.41) is 5.38. The summed E-state index contributed by atoms with van der Waals surface area (Å²) in [6.07, 6.45) is 0.959. The van der Waals surface area contributed by atoms with E-state index in [9.17, 15) is 4.79 Å². The monoisotopic (exact) mass is 403 g/mol. The number of benzene rings is 2. The molecule has 0 aliphatic carbocycles. The van der Waals surface area contributed by atoms with E-state index < -0.39 is 6.09 Å². The van der Waals surface area contributed by atoms with Crippen molar-refractivity contribution in [2.75, 3.05) is 33.8 Å². The van der Waals surface area contributed by atoms with E-state index in [0.29, 0.717) is 34.2 Å². The van der Waals surface area contributed by atoms with E-state index in [1.54, 1.807) is 51.8 Å². The van der Waals surface area contributed by atoms with Gasteiger partial charge in [0.25, 0.3) is 0 Å². The van der Waals surface area contributed by atoms with Gasteiger partial charge in [-0.05, 0) is 24.4 Å². The maximum atomic E-state index is 11.3. The van der Waals surface area contributed by atoms with E-state index in [-0.39, 0.29) is 5.11 Å². The molecule has 9 heteroatoms. The van der Waals surface area contributed by atoms with E-state index >= 15 is 0 Å². The molecule has 0 atom stereocenters. The van der Waals surface area contributed by atoms with Gasteiger partial charge in [-0.2, -0.15) is 0 Å². The molecule has 0 aliphatic heterocycles. The second kappa shape index (κ2) is 10.1. The molecular weight excluding hydrogens is 382 g/mol. The fourth-order valence-electron chi connectivity index (χ4n) is 2.28. The Kier molecular flexibility index (Phi) is 7.58. The first kappa shape index (κ1) is 21.0. The number of ether oxygens (including phenoxy) is 4. The second-order valence-electron chi connectivity index (χ2n) is 5.29. The zero-order valence-corrected chi connectivity index (χ0v) is 16.8. The number of rotatable bonds is 6. The lowest BCUT2D eigenvalue weighted by Crippen LogP contribution is -2.33. The third-order valence-electron chi connectivity index (χ3n) is 3.64. The third-order valence-corrected chi connectivity index (χ3v) is 3.84. The summed E-state index contributed by atoms with van der Waals surface area (Å²) in [4.78, 5) is 15.8. The highest BCUT2D eigenvalue weighted by Crippen LogP contribution is 2.33. The van der Waals surface area contributed by atoms with E-state index in [0.717, 1.165) is 0 Å². The quantitative estimate of drug-likeness (QED) is 0.563. The van der Waals surface area contributed by atoms with E-state index in [4.69, 9.17) is 26.4 Å². The average Bonchev–Trinajstić information content (AvgIpc) is 2.72. The predicted octanol–water partition coefficient (Wildman–Crippen LogP) is 3.52. The summed E-state index contributed by atoms with van der Waals surface area (Å²) in [7, 11) is 5.93. The molecule has 0 unspecified atom stereocenters. The minimum atomic E-state index is -0.661. The van der Waals surface area contributed by atoms with Gasteiger partial charge in [0.2, 0.25) is 0 Å². The minimum Gasteiger partial charge on any atom is -0.496 e. The molecular formula is C19H21N3O5S. The van der Waals surface area contributed by atoms with E-state index in [1.807, 2.05) is 12.1 Å². The van der Waals surface area contributed by atoms with Crippen molar-refractivity contribution in [2.24, 2.45) is 4.99 Å². The number of carbonyl (C=O) groups excluding carboxylic acids is 1. The van der Waals surface area contributed by atoms with Crippen LogP contribution in [0, 0.1) is 0 Å². The van der Waals surface area contributed by atoms with Crippen molar-refractivity contribution in [3.05, 3.63) is 42.0 Å². The number of methoxy groups -OCH3 is 4. The van der Waals surface area contributed by atoms with Crippen LogP contribution in [0.3, 0.4) is 0 Å². The Morgan fingerprint density at radius 3 is 2.25 bits per heavy atom. The maximum Gasteiger partial charge on any atom is 0.413 e. The van der Waals surface area contributed by atoms with Crippen LogP contribution in [0.4, 0.5) is 16.2 Å². The van der Waals surface area contributed by atoms with Crippen LogP contribution in [0.15, 0.2) is 41.4 Å². The molecule has 2 N–H and O–H groups in total. The van der Waals surface area contributed by atoms with Crippen molar-refractivity contribution in [3.8, 4) is 17.2 Å². The van der Waals surface area contributed by atoms with Gasteiger partial charge in [-0.15, -0.1) is 0 Å². The number of nitrogens with zero attached hydrogens (tertiary/aromatic N) is 1. The van der Waals surface area contributed by atoms with Gasteiger partial charge in [-0.3, -0.25) is 10.3 Å². The van der Waals surface area contributed by atoms with Gasteiger partial charge in [0, 0.05) is 18.3 Å². The highest BCUT2D eigenvalue weighted by Gasteiger charge is 2.12. The predicted molar refractivity (Wildman–Crippen MR) is 112 cm³/mol. The van der Waals surface area contributed by atoms with Crippen LogP contribution >= 0.6 is 12.2 Å². The molecule has 0 aromatic heterocycles. The standard InChI is InChI=1S/C19H21N3O5S/c1-24-12-9-16(25-2)13(17(10-12)26-3)11-20-14-7-5-6-8-15(14)21-18(28)22-19(23)27-4/h5-11H,1-4H3,(H2,21,22,23,28). The first-order chi connectivity index (χ1) is 13.5. The first-order valence-corrected chi connectivity index (χ1v) is 8.52. The van der Waals surface area contributed by atoms with Crippen LogP contribution in [0.5, 0.6) is 17.2 Å². The zero-order valence-electron chi connectivity index (χ0n) is 15.9. The smallest absolute Gasteiger partial charge is 0.413 e. The van der Waals surface area contributed by atoms with Gasteiger partial charge in [0.05, 0.1) is 45.4 Å². The Morgan fingerprint density at radius 1 is 1.04 bits per heavy atom. The number of nitrogens with one attached hydrogen (secondary N) is 2. The number of para-hydroxylation sites is 2. The summed E-state index contributed by atoms with van der Waals surface area (Å²) >= 11 is 5.09. The molecule has 0 heterocycles. The Labute approximate surface area is 168 Å². The molecule has 1 amide bonds. The van der Waals surface area contributed by atoms with Gasteiger partial charge in [-0.25, -0.2) is 4.79 Å². The molecule has 2 aromatic rings. The molecule has 0 spiro atoms. The number of amides is 1. The summed E-state index contributed by atoms with van der Waals surface area (Å²) < 4.78 is 20.6. The molecule has 0 aliphatic rings. The lowest BCUT2D eigenvalue weighted by molar-refractivity contribution is 0.177.